The number of hydrogen-bond acceptors (Lipinski definition) is 4. The van der Waals surface area contributed by atoms with Crippen LogP contribution in [0.5, 0.6) is 0 Å². The molecule has 3 heterocycles. The van der Waals surface area contributed by atoms with Crippen molar-refractivity contribution >= 4 is 5.82 Å². The third-order valence-corrected chi connectivity index (χ3v) is 4.39. The van der Waals surface area contributed by atoms with Crippen molar-refractivity contribution in [2.45, 2.75) is 26.7 Å². The summed E-state index contributed by atoms with van der Waals surface area (Å²) in [4.78, 5) is 11.9. The molecule has 0 amide bonds. The van der Waals surface area contributed by atoms with Gasteiger partial charge < -0.3 is 4.90 Å². The van der Waals surface area contributed by atoms with Crippen LogP contribution in [0.4, 0.5) is 5.82 Å². The van der Waals surface area contributed by atoms with E-state index < -0.39 is 0 Å². The lowest BCUT2D eigenvalue weighted by molar-refractivity contribution is 0.798. The first kappa shape index (κ1) is 14.9. The zero-order chi connectivity index (χ0) is 16.5. The maximum Gasteiger partial charge on any atom is 0.163 e. The molecule has 3 aromatic rings. The molecule has 0 spiro atoms. The van der Waals surface area contributed by atoms with Gasteiger partial charge in [-0.3, -0.25) is 0 Å². The molecule has 1 aliphatic rings. The van der Waals surface area contributed by atoms with Crippen molar-refractivity contribution in [2.75, 3.05) is 18.0 Å². The van der Waals surface area contributed by atoms with E-state index in [1.54, 1.807) is 0 Å². The minimum atomic E-state index is 0.752. The molecule has 0 radical (unpaired) electrons. The molecule has 1 fully saturated rings. The highest BCUT2D eigenvalue weighted by molar-refractivity contribution is 5.60. The first-order chi connectivity index (χ1) is 11.7. The third-order valence-electron chi connectivity index (χ3n) is 4.39. The number of anilines is 1. The minimum absolute atomic E-state index is 0.752. The summed E-state index contributed by atoms with van der Waals surface area (Å²) in [7, 11) is 0. The average molecular weight is 319 g/mol. The number of aromatic nitrogens is 4. The van der Waals surface area contributed by atoms with Gasteiger partial charge in [0.25, 0.3) is 0 Å². The smallest absolute Gasteiger partial charge is 0.163 e. The molecule has 1 aromatic carbocycles. The van der Waals surface area contributed by atoms with Gasteiger partial charge in [0.15, 0.2) is 11.6 Å². The average Bonchev–Trinajstić information content (AvgIpc) is 3.25. The van der Waals surface area contributed by atoms with Crippen LogP contribution in [-0.4, -0.2) is 32.8 Å². The van der Waals surface area contributed by atoms with E-state index in [0.717, 1.165) is 47.5 Å². The van der Waals surface area contributed by atoms with Gasteiger partial charge in [0.1, 0.15) is 5.82 Å². The van der Waals surface area contributed by atoms with Crippen molar-refractivity contribution < 1.29 is 0 Å². The molecule has 5 heteroatoms. The van der Waals surface area contributed by atoms with Gasteiger partial charge in [-0.05, 0) is 32.8 Å². The molecule has 122 valence electrons. The van der Waals surface area contributed by atoms with Crippen LogP contribution in [0, 0.1) is 13.8 Å². The molecular formula is C19H21N5. The van der Waals surface area contributed by atoms with Crippen molar-refractivity contribution in [1.29, 1.82) is 0 Å². The molecule has 1 aliphatic heterocycles. The van der Waals surface area contributed by atoms with Crippen LogP contribution < -0.4 is 4.90 Å². The maximum atomic E-state index is 4.82. The Morgan fingerprint density at radius 2 is 1.58 bits per heavy atom. The van der Waals surface area contributed by atoms with E-state index in [-0.39, 0.29) is 0 Å². The van der Waals surface area contributed by atoms with E-state index in [1.165, 1.54) is 12.8 Å². The lowest BCUT2D eigenvalue weighted by atomic mass is 10.2. The molecule has 4 rings (SSSR count). The molecular weight excluding hydrogens is 298 g/mol. The van der Waals surface area contributed by atoms with E-state index in [0.29, 0.717) is 0 Å². The van der Waals surface area contributed by atoms with Crippen molar-refractivity contribution in [2.24, 2.45) is 0 Å². The number of rotatable bonds is 3. The summed E-state index contributed by atoms with van der Waals surface area (Å²) in [5.41, 5.74) is 3.11. The van der Waals surface area contributed by atoms with Crippen molar-refractivity contribution in [1.82, 2.24) is 19.7 Å². The van der Waals surface area contributed by atoms with Gasteiger partial charge in [0.05, 0.1) is 5.69 Å². The van der Waals surface area contributed by atoms with Crippen LogP contribution in [0.15, 0.2) is 42.5 Å². The molecule has 0 saturated carbocycles. The van der Waals surface area contributed by atoms with Crippen LogP contribution >= 0.6 is 0 Å². The summed E-state index contributed by atoms with van der Waals surface area (Å²) in [5, 5.41) is 4.59. The van der Waals surface area contributed by atoms with Gasteiger partial charge in [0, 0.05) is 30.4 Å². The van der Waals surface area contributed by atoms with E-state index >= 15 is 0 Å². The SMILES string of the molecule is Cc1cc(C)n(-c2cc(N3CCCC3)nc(-c3ccccc3)n2)n1. The van der Waals surface area contributed by atoms with Gasteiger partial charge in [-0.2, -0.15) is 5.10 Å². The fourth-order valence-electron chi connectivity index (χ4n) is 3.22. The normalized spacial score (nSPS) is 14.3. The van der Waals surface area contributed by atoms with E-state index in [2.05, 4.69) is 29.1 Å². The summed E-state index contributed by atoms with van der Waals surface area (Å²) >= 11 is 0. The van der Waals surface area contributed by atoms with Gasteiger partial charge >= 0.3 is 0 Å². The predicted molar refractivity (Wildman–Crippen MR) is 95.5 cm³/mol. The Morgan fingerprint density at radius 1 is 0.875 bits per heavy atom. The highest BCUT2D eigenvalue weighted by atomic mass is 15.3. The Labute approximate surface area is 142 Å². The van der Waals surface area contributed by atoms with Crippen LogP contribution in [0.3, 0.4) is 0 Å². The highest BCUT2D eigenvalue weighted by Crippen LogP contribution is 2.25. The van der Waals surface area contributed by atoms with E-state index in [1.807, 2.05) is 41.9 Å². The minimum Gasteiger partial charge on any atom is -0.356 e. The molecule has 1 saturated heterocycles. The van der Waals surface area contributed by atoms with Gasteiger partial charge in [0.2, 0.25) is 0 Å². The van der Waals surface area contributed by atoms with Gasteiger partial charge in [-0.1, -0.05) is 30.3 Å². The Bertz CT molecular complexity index is 847. The Hall–Kier alpha value is -2.69. The quantitative estimate of drug-likeness (QED) is 0.741. The number of hydrogen-bond donors (Lipinski definition) is 0. The Morgan fingerprint density at radius 3 is 2.25 bits per heavy atom. The van der Waals surface area contributed by atoms with E-state index in [4.69, 9.17) is 9.97 Å². The summed E-state index contributed by atoms with van der Waals surface area (Å²) in [6.07, 6.45) is 2.44. The maximum absolute atomic E-state index is 4.82. The number of nitrogens with zero attached hydrogens (tertiary/aromatic N) is 5. The van der Waals surface area contributed by atoms with Crippen LogP contribution in [-0.2, 0) is 0 Å². The molecule has 0 N–H and O–H groups in total. The molecule has 24 heavy (non-hydrogen) atoms. The summed E-state index contributed by atoms with van der Waals surface area (Å²) < 4.78 is 1.91. The molecule has 0 aliphatic carbocycles. The lowest BCUT2D eigenvalue weighted by Crippen LogP contribution is -2.20. The van der Waals surface area contributed by atoms with Gasteiger partial charge in [-0.15, -0.1) is 0 Å². The van der Waals surface area contributed by atoms with Crippen molar-refractivity contribution in [3.8, 4) is 17.2 Å². The largest absolute Gasteiger partial charge is 0.356 e. The third kappa shape index (κ3) is 2.77. The fourth-order valence-corrected chi connectivity index (χ4v) is 3.22. The van der Waals surface area contributed by atoms with Crippen molar-refractivity contribution in [3.05, 3.63) is 53.9 Å². The zero-order valence-corrected chi connectivity index (χ0v) is 14.1. The predicted octanol–water partition coefficient (Wildman–Crippen LogP) is 3.55. The van der Waals surface area contributed by atoms with Crippen molar-refractivity contribution in [3.63, 3.8) is 0 Å². The van der Waals surface area contributed by atoms with Crippen LogP contribution in [0.25, 0.3) is 17.2 Å². The molecule has 2 aromatic heterocycles. The zero-order valence-electron chi connectivity index (χ0n) is 14.1. The molecule has 5 nitrogen and oxygen atoms in total. The van der Waals surface area contributed by atoms with Crippen LogP contribution in [0.1, 0.15) is 24.2 Å². The number of aryl methyl sites for hydroxylation is 2. The topological polar surface area (TPSA) is 46.8 Å². The standard InChI is InChI=1S/C19H21N5/c1-14-12-15(2)24(22-14)18-13-17(23-10-6-7-11-23)20-19(21-18)16-8-4-3-5-9-16/h3-5,8-9,12-13H,6-7,10-11H2,1-2H3. The van der Waals surface area contributed by atoms with Crippen LogP contribution in [0.2, 0.25) is 0 Å². The summed E-state index contributed by atoms with van der Waals surface area (Å²) in [5.74, 6) is 2.57. The first-order valence-corrected chi connectivity index (χ1v) is 8.44. The second-order valence-electron chi connectivity index (χ2n) is 6.31. The monoisotopic (exact) mass is 319 g/mol. The van der Waals surface area contributed by atoms with E-state index in [9.17, 15) is 0 Å². The Kier molecular flexibility index (Phi) is 3.76. The highest BCUT2D eigenvalue weighted by Gasteiger charge is 2.18. The number of benzene rings is 1. The molecule has 0 unspecified atom stereocenters. The second-order valence-corrected chi connectivity index (χ2v) is 6.31. The summed E-state index contributed by atoms with van der Waals surface area (Å²) in [6, 6.07) is 14.3. The molecule has 0 atom stereocenters. The van der Waals surface area contributed by atoms with Gasteiger partial charge in [-0.25, -0.2) is 14.6 Å². The lowest BCUT2D eigenvalue weighted by Gasteiger charge is -2.18. The summed E-state index contributed by atoms with van der Waals surface area (Å²) in [6.45, 7) is 6.17. The Balaban J connectivity index is 1.86. The first-order valence-electron chi connectivity index (χ1n) is 8.44. The fraction of sp³-hybridized carbons (Fsp3) is 0.316. The molecule has 0 bridgehead atoms. The second kappa shape index (κ2) is 6.07.